The van der Waals surface area contributed by atoms with Gasteiger partial charge in [-0.2, -0.15) is 13.2 Å². The van der Waals surface area contributed by atoms with Crippen molar-refractivity contribution in [3.8, 4) is 0 Å². The molecule has 0 heterocycles. The van der Waals surface area contributed by atoms with Crippen molar-refractivity contribution in [2.24, 2.45) is 0 Å². The van der Waals surface area contributed by atoms with Gasteiger partial charge in [-0.1, -0.05) is 6.07 Å². The SMILES string of the molecule is O=C(COC(=O)c1ccc(SC(F)(F)F)cc1)Nc1cccc(F)c1. The highest BCUT2D eigenvalue weighted by molar-refractivity contribution is 8.00. The summed E-state index contributed by atoms with van der Waals surface area (Å²) in [7, 11) is 0. The van der Waals surface area contributed by atoms with Crippen LogP contribution >= 0.6 is 11.8 Å². The lowest BCUT2D eigenvalue weighted by molar-refractivity contribution is -0.119. The van der Waals surface area contributed by atoms with Crippen LogP contribution < -0.4 is 5.32 Å². The summed E-state index contributed by atoms with van der Waals surface area (Å²) >= 11 is -0.305. The van der Waals surface area contributed by atoms with Crippen molar-refractivity contribution >= 4 is 29.3 Å². The second-order valence-corrected chi connectivity index (χ2v) is 5.85. The van der Waals surface area contributed by atoms with Crippen LogP contribution in [0.3, 0.4) is 0 Å². The lowest BCUT2D eigenvalue weighted by atomic mass is 10.2. The number of rotatable bonds is 5. The van der Waals surface area contributed by atoms with E-state index in [-0.39, 0.29) is 27.9 Å². The van der Waals surface area contributed by atoms with Crippen molar-refractivity contribution < 1.29 is 31.9 Å². The number of esters is 1. The number of halogens is 4. The molecule has 0 atom stereocenters. The highest BCUT2D eigenvalue weighted by Crippen LogP contribution is 2.36. The summed E-state index contributed by atoms with van der Waals surface area (Å²) in [5.74, 6) is -2.08. The van der Waals surface area contributed by atoms with Gasteiger partial charge in [0.2, 0.25) is 0 Å². The number of alkyl halides is 3. The molecular weight excluding hydrogens is 362 g/mol. The zero-order chi connectivity index (χ0) is 18.4. The van der Waals surface area contributed by atoms with Gasteiger partial charge in [-0.15, -0.1) is 0 Å². The first-order valence-electron chi connectivity index (χ1n) is 6.81. The molecule has 1 N–H and O–H groups in total. The summed E-state index contributed by atoms with van der Waals surface area (Å²) in [6.45, 7) is -0.617. The third-order valence-electron chi connectivity index (χ3n) is 2.77. The van der Waals surface area contributed by atoms with Gasteiger partial charge in [0.05, 0.1) is 5.56 Å². The Bertz CT molecular complexity index is 763. The summed E-state index contributed by atoms with van der Waals surface area (Å²) in [5, 5.41) is 2.34. The molecule has 25 heavy (non-hydrogen) atoms. The Morgan fingerprint density at radius 3 is 2.36 bits per heavy atom. The molecule has 0 bridgehead atoms. The molecule has 0 saturated carbocycles. The topological polar surface area (TPSA) is 55.4 Å². The monoisotopic (exact) mass is 373 g/mol. The van der Waals surface area contributed by atoms with Gasteiger partial charge in [0.25, 0.3) is 5.91 Å². The van der Waals surface area contributed by atoms with Gasteiger partial charge in [0.15, 0.2) is 6.61 Å². The van der Waals surface area contributed by atoms with Crippen molar-refractivity contribution in [2.75, 3.05) is 11.9 Å². The van der Waals surface area contributed by atoms with Gasteiger partial charge < -0.3 is 10.1 Å². The van der Waals surface area contributed by atoms with E-state index in [1.54, 1.807) is 0 Å². The van der Waals surface area contributed by atoms with Gasteiger partial charge in [0.1, 0.15) is 5.82 Å². The minimum Gasteiger partial charge on any atom is -0.452 e. The minimum absolute atomic E-state index is 0.00470. The molecule has 2 aromatic rings. The van der Waals surface area contributed by atoms with Crippen molar-refractivity contribution in [2.45, 2.75) is 10.4 Å². The maximum absolute atomic E-state index is 13.0. The maximum atomic E-state index is 13.0. The number of anilines is 1. The number of ether oxygens (including phenoxy) is 1. The van der Waals surface area contributed by atoms with Crippen LogP contribution in [0, 0.1) is 5.82 Å². The lowest BCUT2D eigenvalue weighted by Gasteiger charge is -2.08. The average Bonchev–Trinajstić information content (AvgIpc) is 2.52. The molecule has 0 spiro atoms. The number of carbonyl (C=O) groups is 2. The van der Waals surface area contributed by atoms with E-state index in [9.17, 15) is 27.2 Å². The van der Waals surface area contributed by atoms with E-state index in [2.05, 4.69) is 5.32 Å². The Morgan fingerprint density at radius 2 is 1.76 bits per heavy atom. The van der Waals surface area contributed by atoms with E-state index in [0.717, 1.165) is 18.2 Å². The molecule has 1 amide bonds. The van der Waals surface area contributed by atoms with Gasteiger partial charge in [-0.05, 0) is 54.2 Å². The molecule has 0 aromatic heterocycles. The normalized spacial score (nSPS) is 11.0. The Kier molecular flexibility index (Phi) is 6.02. The summed E-state index contributed by atoms with van der Waals surface area (Å²) in [6.07, 6.45) is 0. The Hall–Kier alpha value is -2.55. The van der Waals surface area contributed by atoms with Crippen LogP contribution in [-0.2, 0) is 9.53 Å². The fraction of sp³-hybridized carbons (Fsp3) is 0.125. The molecule has 132 valence electrons. The molecule has 4 nitrogen and oxygen atoms in total. The zero-order valence-corrected chi connectivity index (χ0v) is 13.3. The van der Waals surface area contributed by atoms with Crippen molar-refractivity contribution in [3.05, 3.63) is 59.9 Å². The molecule has 0 aliphatic heterocycles. The Balaban J connectivity index is 1.86. The number of carbonyl (C=O) groups excluding carboxylic acids is 2. The van der Waals surface area contributed by atoms with Crippen LogP contribution in [0.1, 0.15) is 10.4 Å². The van der Waals surface area contributed by atoms with E-state index in [1.807, 2.05) is 0 Å². The molecule has 2 aromatic carbocycles. The van der Waals surface area contributed by atoms with Crippen LogP contribution in [0.4, 0.5) is 23.2 Å². The van der Waals surface area contributed by atoms with Crippen LogP contribution in [0.15, 0.2) is 53.4 Å². The Labute approximate surface area is 144 Å². The van der Waals surface area contributed by atoms with E-state index >= 15 is 0 Å². The van der Waals surface area contributed by atoms with Crippen LogP contribution in [0.5, 0.6) is 0 Å². The summed E-state index contributed by atoms with van der Waals surface area (Å²) < 4.78 is 54.4. The van der Waals surface area contributed by atoms with Crippen LogP contribution in [0.2, 0.25) is 0 Å². The molecule has 0 unspecified atom stereocenters. The smallest absolute Gasteiger partial charge is 0.446 e. The van der Waals surface area contributed by atoms with Gasteiger partial charge >= 0.3 is 11.5 Å². The first-order valence-corrected chi connectivity index (χ1v) is 7.63. The molecule has 0 aliphatic carbocycles. The summed E-state index contributed by atoms with van der Waals surface area (Å²) in [4.78, 5) is 23.3. The number of benzene rings is 2. The predicted molar refractivity (Wildman–Crippen MR) is 83.7 cm³/mol. The third-order valence-corrected chi connectivity index (χ3v) is 3.51. The van der Waals surface area contributed by atoms with Crippen LogP contribution in [-0.4, -0.2) is 24.0 Å². The van der Waals surface area contributed by atoms with Gasteiger partial charge in [-0.25, -0.2) is 9.18 Å². The minimum atomic E-state index is -4.42. The van der Waals surface area contributed by atoms with E-state index in [1.165, 1.54) is 30.3 Å². The van der Waals surface area contributed by atoms with Crippen molar-refractivity contribution in [3.63, 3.8) is 0 Å². The molecule has 0 aliphatic rings. The van der Waals surface area contributed by atoms with E-state index in [0.29, 0.717) is 0 Å². The van der Waals surface area contributed by atoms with Gasteiger partial charge in [-0.3, -0.25) is 4.79 Å². The number of thioether (sulfide) groups is 1. The van der Waals surface area contributed by atoms with Crippen molar-refractivity contribution in [1.82, 2.24) is 0 Å². The fourth-order valence-electron chi connectivity index (χ4n) is 1.77. The number of nitrogens with one attached hydrogen (secondary N) is 1. The molecule has 0 saturated heterocycles. The summed E-state index contributed by atoms with van der Waals surface area (Å²) in [6, 6.07) is 9.75. The van der Waals surface area contributed by atoms with E-state index in [4.69, 9.17) is 4.74 Å². The quantitative estimate of drug-likeness (QED) is 0.484. The fourth-order valence-corrected chi connectivity index (χ4v) is 2.31. The lowest BCUT2D eigenvalue weighted by Crippen LogP contribution is -2.21. The predicted octanol–water partition coefficient (Wildman–Crippen LogP) is 4.23. The molecule has 0 fully saturated rings. The molecule has 0 radical (unpaired) electrons. The summed E-state index contributed by atoms with van der Waals surface area (Å²) in [5.41, 5.74) is -4.21. The highest BCUT2D eigenvalue weighted by atomic mass is 32.2. The standard InChI is InChI=1S/C16H11F4NO3S/c17-11-2-1-3-12(8-11)21-14(22)9-24-15(23)10-4-6-13(7-5-10)25-16(18,19)20/h1-8H,9H2,(H,21,22). The van der Waals surface area contributed by atoms with E-state index < -0.39 is 29.8 Å². The zero-order valence-electron chi connectivity index (χ0n) is 12.5. The molecule has 9 heteroatoms. The second kappa shape index (κ2) is 8.02. The number of hydrogen-bond donors (Lipinski definition) is 1. The first kappa shape index (κ1) is 18.8. The highest BCUT2D eigenvalue weighted by Gasteiger charge is 2.29. The third kappa shape index (κ3) is 6.46. The first-order chi connectivity index (χ1) is 11.7. The second-order valence-electron chi connectivity index (χ2n) is 4.71. The molecule has 2 rings (SSSR count). The Morgan fingerprint density at radius 1 is 1.08 bits per heavy atom. The van der Waals surface area contributed by atoms with Crippen molar-refractivity contribution in [1.29, 1.82) is 0 Å². The molecular formula is C16H11F4NO3S. The largest absolute Gasteiger partial charge is 0.452 e. The van der Waals surface area contributed by atoms with Gasteiger partial charge in [0, 0.05) is 10.6 Å². The number of hydrogen-bond acceptors (Lipinski definition) is 4. The van der Waals surface area contributed by atoms with Crippen LogP contribution in [0.25, 0.3) is 0 Å². The maximum Gasteiger partial charge on any atom is 0.446 e. The average molecular weight is 373 g/mol. The number of amides is 1.